The summed E-state index contributed by atoms with van der Waals surface area (Å²) in [7, 11) is 1.76. The highest BCUT2D eigenvalue weighted by Gasteiger charge is 2.10. The highest BCUT2D eigenvalue weighted by molar-refractivity contribution is 5.83. The number of fused-ring (bicyclic) bond motifs is 1. The van der Waals surface area contributed by atoms with Crippen LogP contribution in [0, 0.1) is 6.92 Å². The largest absolute Gasteiger partial charge is 0.361 e. The molecule has 0 spiro atoms. The lowest BCUT2D eigenvalue weighted by Gasteiger charge is -2.06. The third-order valence-corrected chi connectivity index (χ3v) is 2.62. The first-order valence-corrected chi connectivity index (χ1v) is 5.81. The maximum absolute atomic E-state index is 5.14. The molecule has 0 amide bonds. The van der Waals surface area contributed by atoms with Crippen LogP contribution in [-0.4, -0.2) is 32.1 Å². The zero-order valence-electron chi connectivity index (χ0n) is 10.6. The van der Waals surface area contributed by atoms with Gasteiger partial charge < -0.3 is 20.1 Å². The summed E-state index contributed by atoms with van der Waals surface area (Å²) in [5, 5.41) is 9.92. The smallest absolute Gasteiger partial charge is 0.226 e. The van der Waals surface area contributed by atoms with Crippen molar-refractivity contribution < 1.29 is 4.52 Å². The van der Waals surface area contributed by atoms with Crippen LogP contribution in [0.3, 0.4) is 0 Å². The summed E-state index contributed by atoms with van der Waals surface area (Å²) in [5.41, 5.74) is 2.22. The minimum atomic E-state index is 0.495. The van der Waals surface area contributed by atoms with Crippen molar-refractivity contribution in [1.29, 1.82) is 0 Å². The SMILES string of the molecule is CNc1nc(NCc2cc(C)no2)c2[nH]cnc2n1. The van der Waals surface area contributed by atoms with Crippen molar-refractivity contribution >= 4 is 22.9 Å². The number of hydrogen-bond acceptors (Lipinski definition) is 7. The molecule has 0 fully saturated rings. The van der Waals surface area contributed by atoms with Crippen molar-refractivity contribution in [2.45, 2.75) is 13.5 Å². The number of aryl methyl sites for hydroxylation is 1. The van der Waals surface area contributed by atoms with Gasteiger partial charge in [0.1, 0.15) is 5.52 Å². The van der Waals surface area contributed by atoms with Gasteiger partial charge >= 0.3 is 0 Å². The number of H-pyrrole nitrogens is 1. The van der Waals surface area contributed by atoms with E-state index in [4.69, 9.17) is 4.52 Å². The maximum atomic E-state index is 5.14. The molecule has 3 rings (SSSR count). The highest BCUT2D eigenvalue weighted by atomic mass is 16.5. The van der Waals surface area contributed by atoms with E-state index in [1.807, 2.05) is 13.0 Å². The molecule has 3 heterocycles. The second-order valence-electron chi connectivity index (χ2n) is 4.04. The van der Waals surface area contributed by atoms with E-state index >= 15 is 0 Å². The van der Waals surface area contributed by atoms with Crippen molar-refractivity contribution in [2.24, 2.45) is 0 Å². The van der Waals surface area contributed by atoms with E-state index in [1.165, 1.54) is 0 Å². The molecule has 98 valence electrons. The normalized spacial score (nSPS) is 10.8. The average molecular weight is 259 g/mol. The van der Waals surface area contributed by atoms with E-state index in [0.29, 0.717) is 24.0 Å². The fourth-order valence-electron chi connectivity index (χ4n) is 1.74. The van der Waals surface area contributed by atoms with Crippen molar-refractivity contribution in [3.63, 3.8) is 0 Å². The van der Waals surface area contributed by atoms with E-state index in [0.717, 1.165) is 17.0 Å². The molecule has 0 aliphatic heterocycles. The number of aromatic nitrogens is 5. The molecule has 8 nitrogen and oxygen atoms in total. The Bertz CT molecular complexity index is 702. The monoisotopic (exact) mass is 259 g/mol. The third kappa shape index (κ3) is 2.19. The Morgan fingerprint density at radius 1 is 1.37 bits per heavy atom. The van der Waals surface area contributed by atoms with Gasteiger partial charge in [-0.2, -0.15) is 9.97 Å². The molecular formula is C11H13N7O. The number of aromatic amines is 1. The Kier molecular flexibility index (Phi) is 2.75. The van der Waals surface area contributed by atoms with Crippen LogP contribution in [0.4, 0.5) is 11.8 Å². The van der Waals surface area contributed by atoms with Gasteiger partial charge in [-0.05, 0) is 6.92 Å². The molecule has 3 N–H and O–H groups in total. The fraction of sp³-hybridized carbons (Fsp3) is 0.273. The van der Waals surface area contributed by atoms with Gasteiger partial charge in [0.05, 0.1) is 18.6 Å². The minimum Gasteiger partial charge on any atom is -0.361 e. The first-order valence-electron chi connectivity index (χ1n) is 5.81. The third-order valence-electron chi connectivity index (χ3n) is 2.62. The highest BCUT2D eigenvalue weighted by Crippen LogP contribution is 2.19. The number of nitrogens with one attached hydrogen (secondary N) is 3. The Hall–Kier alpha value is -2.64. The Morgan fingerprint density at radius 3 is 3.00 bits per heavy atom. The van der Waals surface area contributed by atoms with E-state index in [-0.39, 0.29) is 0 Å². The van der Waals surface area contributed by atoms with Crippen molar-refractivity contribution in [1.82, 2.24) is 25.1 Å². The second kappa shape index (κ2) is 4.56. The van der Waals surface area contributed by atoms with E-state index in [1.54, 1.807) is 13.4 Å². The zero-order valence-corrected chi connectivity index (χ0v) is 10.6. The summed E-state index contributed by atoms with van der Waals surface area (Å²) in [6.07, 6.45) is 1.59. The quantitative estimate of drug-likeness (QED) is 0.648. The molecule has 0 bridgehead atoms. The molecule has 8 heteroatoms. The van der Waals surface area contributed by atoms with E-state index < -0.39 is 0 Å². The molecule has 0 atom stereocenters. The van der Waals surface area contributed by atoms with E-state index in [9.17, 15) is 0 Å². The molecule has 0 aliphatic carbocycles. The molecule has 3 aromatic rings. The summed E-state index contributed by atoms with van der Waals surface area (Å²) >= 11 is 0. The van der Waals surface area contributed by atoms with Gasteiger partial charge in [0.2, 0.25) is 5.95 Å². The van der Waals surface area contributed by atoms with E-state index in [2.05, 4.69) is 35.7 Å². The fourth-order valence-corrected chi connectivity index (χ4v) is 1.74. The van der Waals surface area contributed by atoms with Crippen LogP contribution < -0.4 is 10.6 Å². The van der Waals surface area contributed by atoms with Gasteiger partial charge in [0.15, 0.2) is 17.2 Å². The number of imidazole rings is 1. The predicted octanol–water partition coefficient (Wildman–Crippen LogP) is 1.30. The number of nitrogens with zero attached hydrogens (tertiary/aromatic N) is 4. The van der Waals surface area contributed by atoms with Crippen LogP contribution in [0.2, 0.25) is 0 Å². The van der Waals surface area contributed by atoms with Crippen LogP contribution in [0.25, 0.3) is 11.2 Å². The van der Waals surface area contributed by atoms with Crippen LogP contribution in [0.15, 0.2) is 16.9 Å². The van der Waals surface area contributed by atoms with Crippen LogP contribution in [0.1, 0.15) is 11.5 Å². The maximum Gasteiger partial charge on any atom is 0.226 e. The summed E-state index contributed by atoms with van der Waals surface area (Å²) in [6.45, 7) is 2.37. The zero-order chi connectivity index (χ0) is 13.2. The minimum absolute atomic E-state index is 0.495. The summed E-state index contributed by atoms with van der Waals surface area (Å²) in [5.74, 6) is 1.92. The van der Waals surface area contributed by atoms with Crippen molar-refractivity contribution in [2.75, 3.05) is 17.7 Å². The molecule has 0 saturated heterocycles. The first kappa shape index (κ1) is 11.5. The van der Waals surface area contributed by atoms with Gasteiger partial charge in [-0.1, -0.05) is 5.16 Å². The lowest BCUT2D eigenvalue weighted by atomic mass is 10.4. The summed E-state index contributed by atoms with van der Waals surface area (Å²) in [4.78, 5) is 15.7. The predicted molar refractivity (Wildman–Crippen MR) is 69.8 cm³/mol. The Morgan fingerprint density at radius 2 is 2.26 bits per heavy atom. The molecule has 19 heavy (non-hydrogen) atoms. The van der Waals surface area contributed by atoms with Gasteiger partial charge in [0.25, 0.3) is 0 Å². The number of rotatable bonds is 4. The Labute approximate surface area is 108 Å². The lowest BCUT2D eigenvalue weighted by molar-refractivity contribution is 0.384. The second-order valence-corrected chi connectivity index (χ2v) is 4.04. The summed E-state index contributed by atoms with van der Waals surface area (Å²) in [6, 6.07) is 1.87. The van der Waals surface area contributed by atoms with Crippen molar-refractivity contribution in [3.05, 3.63) is 23.8 Å². The van der Waals surface area contributed by atoms with Gasteiger partial charge in [-0.15, -0.1) is 0 Å². The van der Waals surface area contributed by atoms with Crippen LogP contribution in [0.5, 0.6) is 0 Å². The first-order chi connectivity index (χ1) is 9.26. The molecule has 0 radical (unpaired) electrons. The number of hydrogen-bond donors (Lipinski definition) is 3. The Balaban J connectivity index is 1.88. The average Bonchev–Trinajstić information content (AvgIpc) is 3.04. The topological polar surface area (TPSA) is 105 Å². The molecule has 0 aromatic carbocycles. The molecule has 0 saturated carbocycles. The lowest BCUT2D eigenvalue weighted by Crippen LogP contribution is -2.05. The molecular weight excluding hydrogens is 246 g/mol. The summed E-state index contributed by atoms with van der Waals surface area (Å²) < 4.78 is 5.14. The van der Waals surface area contributed by atoms with Crippen LogP contribution in [-0.2, 0) is 6.54 Å². The molecule has 0 aliphatic rings. The van der Waals surface area contributed by atoms with Crippen LogP contribution >= 0.6 is 0 Å². The van der Waals surface area contributed by atoms with Gasteiger partial charge in [-0.25, -0.2) is 4.98 Å². The van der Waals surface area contributed by atoms with Crippen molar-refractivity contribution in [3.8, 4) is 0 Å². The standard InChI is InChI=1S/C11H13N7O/c1-6-3-7(19-18-6)4-13-9-8-10(15-5-14-8)17-11(12-2)16-9/h3,5H,4H2,1-2H3,(H3,12,13,14,15,16,17). The number of anilines is 2. The molecule has 0 unspecified atom stereocenters. The van der Waals surface area contributed by atoms with Gasteiger partial charge in [-0.3, -0.25) is 0 Å². The molecule has 3 aromatic heterocycles. The van der Waals surface area contributed by atoms with Gasteiger partial charge in [0, 0.05) is 13.1 Å².